The Hall–Kier alpha value is -2.71. The molecule has 38 heavy (non-hydrogen) atoms. The van der Waals surface area contributed by atoms with Crippen LogP contribution in [0, 0.1) is 17.8 Å². The number of piperidine rings is 1. The molecule has 1 aromatic rings. The minimum absolute atomic E-state index is 0.0442. The Labute approximate surface area is 223 Å². The molecule has 0 radical (unpaired) electrons. The highest BCUT2D eigenvalue weighted by Gasteiger charge is 2.67. The minimum atomic E-state index is -4.63. The number of carbonyl (C=O) groups is 3. The second-order valence-electron chi connectivity index (χ2n) is 12.4. The highest BCUT2D eigenvalue weighted by molar-refractivity contribution is 5.90. The summed E-state index contributed by atoms with van der Waals surface area (Å²) in [5.74, 6) is -0.253. The number of alkyl halides is 3. The van der Waals surface area contributed by atoms with Crippen molar-refractivity contribution in [3.63, 3.8) is 0 Å². The van der Waals surface area contributed by atoms with Gasteiger partial charge >= 0.3 is 12.3 Å². The van der Waals surface area contributed by atoms with Crippen LogP contribution in [-0.2, 0) is 26.9 Å². The largest absolute Gasteiger partial charge is 0.444 e. The van der Waals surface area contributed by atoms with Gasteiger partial charge in [0, 0.05) is 17.9 Å². The van der Waals surface area contributed by atoms with Gasteiger partial charge < -0.3 is 4.74 Å². The average molecular weight is 537 g/mol. The predicted octanol–water partition coefficient (Wildman–Crippen LogP) is 6.63. The van der Waals surface area contributed by atoms with Crippen LogP contribution < -0.4 is 0 Å². The average Bonchev–Trinajstić information content (AvgIpc) is 3.38. The normalized spacial score (nSPS) is 23.1. The van der Waals surface area contributed by atoms with Crippen molar-refractivity contribution in [3.05, 3.63) is 41.7 Å². The number of rotatable bonds is 10. The van der Waals surface area contributed by atoms with Gasteiger partial charge in [-0.25, -0.2) is 9.78 Å². The molecule has 0 unspecified atom stereocenters. The SMILES string of the molecule is C=CCCC(C)(C)C(=O)CC[C@@]12C[C@@H](C(=O)Cc3nc(C(F)(F)F)ccc3C)N(C(=O)OC(C)(C)C)[C@@H]1C2. The summed E-state index contributed by atoms with van der Waals surface area (Å²) in [7, 11) is 0. The first-order valence-electron chi connectivity index (χ1n) is 13.1. The lowest BCUT2D eigenvalue weighted by molar-refractivity contribution is -0.141. The maximum Gasteiger partial charge on any atom is 0.433 e. The number of hydrogen-bond acceptors (Lipinski definition) is 5. The number of aryl methyl sites for hydroxylation is 1. The number of ketones is 2. The van der Waals surface area contributed by atoms with Crippen molar-refractivity contribution in [1.29, 1.82) is 0 Å². The molecular weight excluding hydrogens is 497 g/mol. The van der Waals surface area contributed by atoms with Crippen molar-refractivity contribution in [2.45, 2.75) is 110 Å². The van der Waals surface area contributed by atoms with Gasteiger partial charge in [-0.15, -0.1) is 6.58 Å². The van der Waals surface area contributed by atoms with Gasteiger partial charge in [-0.05, 0) is 76.8 Å². The van der Waals surface area contributed by atoms with E-state index in [9.17, 15) is 27.6 Å². The van der Waals surface area contributed by atoms with Crippen LogP contribution in [0.15, 0.2) is 24.8 Å². The van der Waals surface area contributed by atoms with Gasteiger partial charge in [0.05, 0.1) is 18.2 Å². The summed E-state index contributed by atoms with van der Waals surface area (Å²) in [6.07, 6.45) is -0.460. The summed E-state index contributed by atoms with van der Waals surface area (Å²) in [6, 6.07) is 1.11. The molecule has 2 heterocycles. The molecule has 1 saturated carbocycles. The summed E-state index contributed by atoms with van der Waals surface area (Å²) < 4.78 is 45.3. The predicted molar refractivity (Wildman–Crippen MR) is 137 cm³/mol. The summed E-state index contributed by atoms with van der Waals surface area (Å²) >= 11 is 0. The number of fused-ring (bicyclic) bond motifs is 1. The molecule has 3 rings (SSSR count). The zero-order valence-corrected chi connectivity index (χ0v) is 23.2. The number of hydrogen-bond donors (Lipinski definition) is 0. The molecule has 0 aromatic carbocycles. The molecule has 1 aliphatic heterocycles. The van der Waals surface area contributed by atoms with E-state index in [1.165, 1.54) is 11.0 Å². The van der Waals surface area contributed by atoms with E-state index >= 15 is 0 Å². The molecule has 2 fully saturated rings. The molecule has 2 aliphatic rings. The molecular formula is C29H39F3N2O4. The third-order valence-corrected chi connectivity index (χ3v) is 7.81. The van der Waals surface area contributed by atoms with E-state index in [2.05, 4.69) is 11.6 Å². The van der Waals surface area contributed by atoms with Crippen molar-refractivity contribution >= 4 is 17.7 Å². The standard InChI is InChI=1S/C29H39F3N2O4/c1-8-9-13-27(6,7)24(36)12-14-28-16-20(34(23(28)17-28)25(37)38-26(3,4)5)21(35)15-19-18(2)10-11-22(33-19)29(30,31)32/h8,10-11,20,23H,1,9,12-17H2,2-7H3/t20-,23+,28-/m0/s1. The van der Waals surface area contributed by atoms with Crippen LogP contribution in [0.3, 0.4) is 0 Å². The van der Waals surface area contributed by atoms with E-state index < -0.39 is 35.0 Å². The number of amides is 1. The van der Waals surface area contributed by atoms with Crippen LogP contribution in [0.4, 0.5) is 18.0 Å². The van der Waals surface area contributed by atoms with Gasteiger partial charge in [-0.1, -0.05) is 26.0 Å². The van der Waals surface area contributed by atoms with Crippen LogP contribution in [0.5, 0.6) is 0 Å². The summed E-state index contributed by atoms with van der Waals surface area (Å²) in [5, 5.41) is 0. The lowest BCUT2D eigenvalue weighted by atomic mass is 9.79. The minimum Gasteiger partial charge on any atom is -0.444 e. The van der Waals surface area contributed by atoms with Gasteiger partial charge in [0.1, 0.15) is 17.1 Å². The van der Waals surface area contributed by atoms with E-state index in [0.29, 0.717) is 37.7 Å². The summed E-state index contributed by atoms with van der Waals surface area (Å²) in [4.78, 5) is 44.8. The van der Waals surface area contributed by atoms with Crippen molar-refractivity contribution < 1.29 is 32.3 Å². The Morgan fingerprint density at radius 1 is 1.16 bits per heavy atom. The topological polar surface area (TPSA) is 76.6 Å². The molecule has 3 atom stereocenters. The lowest BCUT2D eigenvalue weighted by Crippen LogP contribution is -2.46. The summed E-state index contributed by atoms with van der Waals surface area (Å²) in [6.45, 7) is 14.4. The van der Waals surface area contributed by atoms with Crippen molar-refractivity contribution in [1.82, 2.24) is 9.88 Å². The fourth-order valence-electron chi connectivity index (χ4n) is 5.34. The third-order valence-electron chi connectivity index (χ3n) is 7.81. The fraction of sp³-hybridized carbons (Fsp3) is 0.655. The number of nitrogens with zero attached hydrogens (tertiary/aromatic N) is 2. The second-order valence-corrected chi connectivity index (χ2v) is 12.4. The Kier molecular flexibility index (Phi) is 8.21. The van der Waals surface area contributed by atoms with Crippen LogP contribution in [0.2, 0.25) is 0 Å². The molecule has 6 nitrogen and oxygen atoms in total. The number of likely N-dealkylation sites (tertiary alicyclic amines) is 1. The monoisotopic (exact) mass is 536 g/mol. The first-order chi connectivity index (χ1) is 17.4. The lowest BCUT2D eigenvalue weighted by Gasteiger charge is -2.30. The molecule has 0 bridgehead atoms. The molecule has 1 amide bonds. The summed E-state index contributed by atoms with van der Waals surface area (Å²) in [5.41, 5.74) is -2.20. The fourth-order valence-corrected chi connectivity index (χ4v) is 5.34. The van der Waals surface area contributed by atoms with Gasteiger partial charge in [0.15, 0.2) is 5.78 Å². The van der Waals surface area contributed by atoms with Crippen molar-refractivity contribution in [3.8, 4) is 0 Å². The highest BCUT2D eigenvalue weighted by Crippen LogP contribution is 2.62. The highest BCUT2D eigenvalue weighted by atomic mass is 19.4. The smallest absolute Gasteiger partial charge is 0.433 e. The first-order valence-corrected chi connectivity index (χ1v) is 13.1. The Balaban J connectivity index is 1.81. The van der Waals surface area contributed by atoms with E-state index in [-0.39, 0.29) is 35.1 Å². The number of allylic oxidation sites excluding steroid dienone is 1. The maximum absolute atomic E-state index is 13.5. The van der Waals surface area contributed by atoms with Crippen molar-refractivity contribution in [2.24, 2.45) is 10.8 Å². The number of pyridine rings is 1. The first kappa shape index (κ1) is 29.8. The van der Waals surface area contributed by atoms with Gasteiger partial charge in [-0.3, -0.25) is 14.5 Å². The molecule has 0 N–H and O–H groups in total. The molecule has 0 spiro atoms. The second kappa shape index (κ2) is 10.5. The van der Waals surface area contributed by atoms with Gasteiger partial charge in [0.2, 0.25) is 0 Å². The van der Waals surface area contributed by atoms with Crippen LogP contribution in [0.1, 0.15) is 90.1 Å². The molecule has 1 aliphatic carbocycles. The molecule has 210 valence electrons. The van der Waals surface area contributed by atoms with E-state index in [4.69, 9.17) is 4.74 Å². The number of Topliss-reactive ketones (excluding diaryl/α,β-unsaturated/α-hetero) is 2. The van der Waals surface area contributed by atoms with E-state index in [1.807, 2.05) is 13.8 Å². The maximum atomic E-state index is 13.5. The van der Waals surface area contributed by atoms with E-state index in [0.717, 1.165) is 12.5 Å². The zero-order chi connectivity index (χ0) is 28.7. The quantitative estimate of drug-likeness (QED) is 0.314. The van der Waals surface area contributed by atoms with Crippen molar-refractivity contribution in [2.75, 3.05) is 0 Å². The molecule has 1 saturated heterocycles. The number of carbonyl (C=O) groups excluding carboxylic acids is 3. The Bertz CT molecular complexity index is 1110. The van der Waals surface area contributed by atoms with Gasteiger partial charge in [0.25, 0.3) is 0 Å². The number of aromatic nitrogens is 1. The Morgan fingerprint density at radius 3 is 2.39 bits per heavy atom. The van der Waals surface area contributed by atoms with E-state index in [1.54, 1.807) is 33.8 Å². The van der Waals surface area contributed by atoms with Crippen LogP contribution in [0.25, 0.3) is 0 Å². The van der Waals surface area contributed by atoms with Crippen LogP contribution >= 0.6 is 0 Å². The number of ether oxygens (including phenoxy) is 1. The van der Waals surface area contributed by atoms with Crippen LogP contribution in [-0.4, -0.2) is 45.2 Å². The molecule has 9 heteroatoms. The Morgan fingerprint density at radius 2 is 1.82 bits per heavy atom. The van der Waals surface area contributed by atoms with Gasteiger partial charge in [-0.2, -0.15) is 13.2 Å². The number of halogens is 3. The third kappa shape index (κ3) is 6.64. The zero-order valence-electron chi connectivity index (χ0n) is 23.2. The molecule has 1 aromatic heterocycles.